The predicted octanol–water partition coefficient (Wildman–Crippen LogP) is 0.876. The Balaban J connectivity index is 2.44. The van der Waals surface area contributed by atoms with Crippen LogP contribution in [0.1, 0.15) is 0 Å². The first-order chi connectivity index (χ1) is 8.93. The van der Waals surface area contributed by atoms with E-state index in [9.17, 15) is 13.5 Å². The minimum atomic E-state index is -4.20. The highest BCUT2D eigenvalue weighted by Crippen LogP contribution is 2.15. The molecule has 0 aliphatic rings. The summed E-state index contributed by atoms with van der Waals surface area (Å²) < 4.78 is 40.7. The third kappa shape index (κ3) is 5.84. The van der Waals surface area contributed by atoms with Crippen molar-refractivity contribution in [1.29, 1.82) is 0 Å². The van der Waals surface area contributed by atoms with Crippen LogP contribution < -0.4 is 4.74 Å². The molecule has 0 saturated carbocycles. The van der Waals surface area contributed by atoms with Gasteiger partial charge in [-0.3, -0.25) is 4.55 Å². The molecule has 2 N–H and O–H groups in total. The van der Waals surface area contributed by atoms with Crippen molar-refractivity contribution in [1.82, 2.24) is 0 Å². The molecule has 0 aromatic heterocycles. The molecule has 1 aromatic rings. The van der Waals surface area contributed by atoms with Crippen LogP contribution in [-0.4, -0.2) is 44.0 Å². The van der Waals surface area contributed by atoms with Gasteiger partial charge in [-0.05, 0) is 24.3 Å². The van der Waals surface area contributed by atoms with Gasteiger partial charge in [-0.1, -0.05) is 6.08 Å². The van der Waals surface area contributed by atoms with E-state index in [4.69, 9.17) is 14.0 Å². The Labute approximate surface area is 112 Å². The Kier molecular flexibility index (Phi) is 5.97. The molecule has 1 unspecified atom stereocenters. The molecule has 0 saturated heterocycles. The van der Waals surface area contributed by atoms with Gasteiger partial charge in [0.25, 0.3) is 10.1 Å². The Morgan fingerprint density at radius 3 is 2.42 bits per heavy atom. The number of benzene rings is 1. The van der Waals surface area contributed by atoms with Crippen molar-refractivity contribution in [2.24, 2.45) is 0 Å². The van der Waals surface area contributed by atoms with Gasteiger partial charge >= 0.3 is 0 Å². The van der Waals surface area contributed by atoms with Crippen molar-refractivity contribution in [3.63, 3.8) is 0 Å². The highest BCUT2D eigenvalue weighted by molar-refractivity contribution is 7.85. The highest BCUT2D eigenvalue weighted by Gasteiger charge is 2.09. The predicted molar refractivity (Wildman–Crippen MR) is 68.8 cm³/mol. The smallest absolute Gasteiger partial charge is 0.294 e. The molecule has 0 aliphatic carbocycles. The third-order valence-corrected chi connectivity index (χ3v) is 2.98. The van der Waals surface area contributed by atoms with Gasteiger partial charge in [-0.2, -0.15) is 8.42 Å². The first-order valence-electron chi connectivity index (χ1n) is 5.50. The summed E-state index contributed by atoms with van der Waals surface area (Å²) in [6.45, 7) is 3.96. The normalized spacial score (nSPS) is 12.9. The van der Waals surface area contributed by atoms with Gasteiger partial charge < -0.3 is 14.6 Å². The van der Waals surface area contributed by atoms with E-state index in [1.54, 1.807) is 6.08 Å². The maximum absolute atomic E-state index is 10.8. The molecule has 0 fully saturated rings. The van der Waals surface area contributed by atoms with Crippen molar-refractivity contribution in [3.05, 3.63) is 36.9 Å². The Morgan fingerprint density at radius 1 is 1.26 bits per heavy atom. The summed E-state index contributed by atoms with van der Waals surface area (Å²) >= 11 is 0. The standard InChI is InChI=1S/C12H16O6S/c1-2-7-17-8-10(13)9-18-11-3-5-12(6-4-11)19(14,15)16/h2-6,10,13H,1,7-9H2,(H,14,15,16). The summed E-state index contributed by atoms with van der Waals surface area (Å²) in [7, 11) is -4.20. The van der Waals surface area contributed by atoms with Crippen LogP contribution in [0, 0.1) is 0 Å². The summed E-state index contributed by atoms with van der Waals surface area (Å²) in [5.74, 6) is 0.384. The van der Waals surface area contributed by atoms with Crippen molar-refractivity contribution >= 4 is 10.1 Å². The number of aliphatic hydroxyl groups is 1. The minimum absolute atomic E-state index is 0.0162. The molecule has 0 bridgehead atoms. The lowest BCUT2D eigenvalue weighted by Crippen LogP contribution is -2.23. The molecule has 0 amide bonds. The van der Waals surface area contributed by atoms with Gasteiger partial charge in [0.15, 0.2) is 0 Å². The van der Waals surface area contributed by atoms with Crippen LogP contribution in [-0.2, 0) is 14.9 Å². The van der Waals surface area contributed by atoms with Crippen LogP contribution in [0.2, 0.25) is 0 Å². The van der Waals surface area contributed by atoms with E-state index < -0.39 is 16.2 Å². The second-order valence-corrected chi connectivity index (χ2v) is 5.16. The fraction of sp³-hybridized carbons (Fsp3) is 0.333. The van der Waals surface area contributed by atoms with E-state index in [0.29, 0.717) is 12.4 Å². The molecule has 1 rings (SSSR count). The van der Waals surface area contributed by atoms with Gasteiger partial charge in [-0.15, -0.1) is 6.58 Å². The molecule has 0 spiro atoms. The van der Waals surface area contributed by atoms with E-state index in [2.05, 4.69) is 6.58 Å². The SMILES string of the molecule is C=CCOCC(O)COc1ccc(S(=O)(=O)O)cc1. The molecule has 7 heteroatoms. The molecule has 0 heterocycles. The maximum atomic E-state index is 10.8. The minimum Gasteiger partial charge on any atom is -0.491 e. The third-order valence-electron chi connectivity index (χ3n) is 2.11. The summed E-state index contributed by atoms with van der Waals surface area (Å²) in [6.07, 6.45) is 0.781. The van der Waals surface area contributed by atoms with Gasteiger partial charge in [0.05, 0.1) is 18.1 Å². The lowest BCUT2D eigenvalue weighted by atomic mass is 10.3. The summed E-state index contributed by atoms with van der Waals surface area (Å²) in [6, 6.07) is 5.21. The fourth-order valence-electron chi connectivity index (χ4n) is 1.24. The quantitative estimate of drug-likeness (QED) is 0.419. The van der Waals surface area contributed by atoms with Crippen molar-refractivity contribution < 1.29 is 27.6 Å². The molecule has 1 aromatic carbocycles. The highest BCUT2D eigenvalue weighted by atomic mass is 32.2. The zero-order chi connectivity index (χ0) is 14.3. The van der Waals surface area contributed by atoms with E-state index in [1.807, 2.05) is 0 Å². The van der Waals surface area contributed by atoms with Gasteiger partial charge in [-0.25, -0.2) is 0 Å². The number of ether oxygens (including phenoxy) is 2. The molecular formula is C12H16O6S. The van der Waals surface area contributed by atoms with Crippen LogP contribution >= 0.6 is 0 Å². The Hall–Kier alpha value is -1.41. The van der Waals surface area contributed by atoms with Crippen LogP contribution in [0.15, 0.2) is 41.8 Å². The Bertz CT molecular complexity index is 493. The summed E-state index contributed by atoms with van der Waals surface area (Å²) in [4.78, 5) is -0.213. The molecule has 0 radical (unpaired) electrons. The van der Waals surface area contributed by atoms with E-state index in [-0.39, 0.29) is 18.1 Å². The summed E-state index contributed by atoms with van der Waals surface area (Å²) in [5.41, 5.74) is 0. The fourth-order valence-corrected chi connectivity index (χ4v) is 1.72. The second kappa shape index (κ2) is 7.25. The van der Waals surface area contributed by atoms with Crippen molar-refractivity contribution in [3.8, 4) is 5.75 Å². The van der Waals surface area contributed by atoms with Crippen molar-refractivity contribution in [2.75, 3.05) is 19.8 Å². The molecule has 6 nitrogen and oxygen atoms in total. The molecule has 106 valence electrons. The number of hydrogen-bond donors (Lipinski definition) is 2. The zero-order valence-corrected chi connectivity index (χ0v) is 11.0. The lowest BCUT2D eigenvalue weighted by Gasteiger charge is -2.12. The average Bonchev–Trinajstić information content (AvgIpc) is 2.36. The average molecular weight is 288 g/mol. The second-order valence-electron chi connectivity index (χ2n) is 3.74. The van der Waals surface area contributed by atoms with Crippen LogP contribution in [0.3, 0.4) is 0 Å². The molecule has 1 atom stereocenters. The molecule has 0 aliphatic heterocycles. The van der Waals surface area contributed by atoms with E-state index in [1.165, 1.54) is 24.3 Å². The maximum Gasteiger partial charge on any atom is 0.294 e. The van der Waals surface area contributed by atoms with Crippen molar-refractivity contribution in [2.45, 2.75) is 11.0 Å². The number of hydrogen-bond acceptors (Lipinski definition) is 5. The van der Waals surface area contributed by atoms with Gasteiger partial charge in [0.2, 0.25) is 0 Å². The van der Waals surface area contributed by atoms with Crippen LogP contribution in [0.4, 0.5) is 0 Å². The van der Waals surface area contributed by atoms with Crippen LogP contribution in [0.25, 0.3) is 0 Å². The largest absolute Gasteiger partial charge is 0.491 e. The topological polar surface area (TPSA) is 93.1 Å². The van der Waals surface area contributed by atoms with Gasteiger partial charge in [0.1, 0.15) is 18.5 Å². The lowest BCUT2D eigenvalue weighted by molar-refractivity contribution is 0.0214. The van der Waals surface area contributed by atoms with Gasteiger partial charge in [0, 0.05) is 0 Å². The summed E-state index contributed by atoms with van der Waals surface area (Å²) in [5, 5.41) is 9.50. The Morgan fingerprint density at radius 2 is 1.89 bits per heavy atom. The molecular weight excluding hydrogens is 272 g/mol. The molecule has 19 heavy (non-hydrogen) atoms. The number of rotatable bonds is 8. The first kappa shape index (κ1) is 15.6. The van der Waals surface area contributed by atoms with Crippen LogP contribution in [0.5, 0.6) is 5.75 Å². The number of aliphatic hydroxyl groups excluding tert-OH is 1. The van der Waals surface area contributed by atoms with E-state index in [0.717, 1.165) is 0 Å². The zero-order valence-electron chi connectivity index (χ0n) is 10.2. The van der Waals surface area contributed by atoms with E-state index >= 15 is 0 Å². The first-order valence-corrected chi connectivity index (χ1v) is 6.94. The monoisotopic (exact) mass is 288 g/mol.